The molecule has 28 heavy (non-hydrogen) atoms. The van der Waals surface area contributed by atoms with Crippen molar-refractivity contribution >= 4 is 22.6 Å². The number of hydrogen-bond donors (Lipinski definition) is 1. The predicted octanol–water partition coefficient (Wildman–Crippen LogP) is 4.15. The van der Waals surface area contributed by atoms with Crippen LogP contribution >= 0.6 is 0 Å². The van der Waals surface area contributed by atoms with Crippen LogP contribution in [0.5, 0.6) is 0 Å². The molecular formula is C21H27N5O2. The number of nitrogens with zero attached hydrogens (tertiary/aromatic N) is 4. The lowest BCUT2D eigenvalue weighted by Gasteiger charge is -2.31. The highest BCUT2D eigenvalue weighted by molar-refractivity contribution is 5.93. The van der Waals surface area contributed by atoms with Crippen molar-refractivity contribution in [2.45, 2.75) is 46.6 Å². The van der Waals surface area contributed by atoms with Gasteiger partial charge in [-0.3, -0.25) is 0 Å². The molecule has 3 heterocycles. The highest BCUT2D eigenvalue weighted by Crippen LogP contribution is 2.25. The zero-order valence-electron chi connectivity index (χ0n) is 16.7. The Labute approximate surface area is 164 Å². The van der Waals surface area contributed by atoms with Gasteiger partial charge in [-0.2, -0.15) is 4.98 Å². The maximum absolute atomic E-state index is 12.7. The fraction of sp³-hybridized carbons (Fsp3) is 0.476. The molecule has 0 unspecified atom stereocenters. The van der Waals surface area contributed by atoms with Crippen LogP contribution in [-0.4, -0.2) is 38.7 Å². The second-order valence-electron chi connectivity index (χ2n) is 7.60. The van der Waals surface area contributed by atoms with Gasteiger partial charge in [0.05, 0.1) is 0 Å². The summed E-state index contributed by atoms with van der Waals surface area (Å²) in [7, 11) is 0. The number of amides is 2. The zero-order chi connectivity index (χ0) is 19.7. The van der Waals surface area contributed by atoms with Crippen LogP contribution < -0.4 is 5.32 Å². The Kier molecular flexibility index (Phi) is 5.07. The van der Waals surface area contributed by atoms with Crippen LogP contribution in [0.1, 0.15) is 37.2 Å². The first kappa shape index (κ1) is 18.5. The summed E-state index contributed by atoms with van der Waals surface area (Å²) in [6, 6.07) is 8.26. The van der Waals surface area contributed by atoms with E-state index in [0.717, 1.165) is 50.0 Å². The van der Waals surface area contributed by atoms with Crippen molar-refractivity contribution < 1.29 is 9.32 Å². The van der Waals surface area contributed by atoms with Crippen molar-refractivity contribution in [3.63, 3.8) is 0 Å². The van der Waals surface area contributed by atoms with E-state index in [4.69, 9.17) is 4.52 Å². The molecule has 1 aromatic carbocycles. The number of nitrogens with one attached hydrogen (secondary N) is 1. The average Bonchev–Trinajstić information content (AvgIpc) is 3.23. The molecular weight excluding hydrogens is 354 g/mol. The molecule has 3 aromatic rings. The van der Waals surface area contributed by atoms with Gasteiger partial charge in [0.25, 0.3) is 0 Å². The minimum Gasteiger partial charge on any atom is -0.345 e. The number of carbonyl (C=O) groups is 1. The summed E-state index contributed by atoms with van der Waals surface area (Å²) in [5.41, 5.74) is 3.28. The van der Waals surface area contributed by atoms with Crippen LogP contribution in [0.4, 0.5) is 10.5 Å². The van der Waals surface area contributed by atoms with Crippen LogP contribution in [0.25, 0.3) is 10.9 Å². The number of anilines is 1. The minimum absolute atomic E-state index is 0.0296. The Morgan fingerprint density at radius 2 is 2.04 bits per heavy atom. The van der Waals surface area contributed by atoms with Gasteiger partial charge in [0.15, 0.2) is 5.82 Å². The standard InChI is InChI=1S/C21H27N5O2/c1-4-26-14(2)11-17-13-18(5-6-19(17)26)23-21(27)25-9-7-16(8-10-25)12-20-22-15(3)24-28-20/h5-6,11,13,16H,4,7-10,12H2,1-3H3,(H,23,27). The second-order valence-corrected chi connectivity index (χ2v) is 7.60. The molecule has 0 bridgehead atoms. The van der Waals surface area contributed by atoms with Crippen LogP contribution in [0.3, 0.4) is 0 Å². The third kappa shape index (κ3) is 3.74. The topological polar surface area (TPSA) is 76.2 Å². The summed E-state index contributed by atoms with van der Waals surface area (Å²) >= 11 is 0. The summed E-state index contributed by atoms with van der Waals surface area (Å²) in [5.74, 6) is 1.85. The van der Waals surface area contributed by atoms with E-state index in [1.807, 2.05) is 17.9 Å². The van der Waals surface area contributed by atoms with E-state index in [0.29, 0.717) is 17.6 Å². The van der Waals surface area contributed by atoms with E-state index < -0.39 is 0 Å². The van der Waals surface area contributed by atoms with Crippen LogP contribution in [-0.2, 0) is 13.0 Å². The van der Waals surface area contributed by atoms with Crippen molar-refractivity contribution in [3.05, 3.63) is 41.7 Å². The predicted molar refractivity (Wildman–Crippen MR) is 108 cm³/mol. The SMILES string of the molecule is CCn1c(C)cc2cc(NC(=O)N3CCC(Cc4nc(C)no4)CC3)ccc21. The first-order valence-corrected chi connectivity index (χ1v) is 9.98. The third-order valence-corrected chi connectivity index (χ3v) is 5.61. The lowest BCUT2D eigenvalue weighted by atomic mass is 9.94. The molecule has 0 saturated carbocycles. The Bertz CT molecular complexity index is 982. The molecule has 0 radical (unpaired) electrons. The van der Waals surface area contributed by atoms with E-state index in [9.17, 15) is 4.79 Å². The number of aromatic nitrogens is 3. The number of piperidine rings is 1. The van der Waals surface area contributed by atoms with Gasteiger partial charge in [-0.05, 0) is 63.8 Å². The van der Waals surface area contributed by atoms with Crippen molar-refractivity contribution in [3.8, 4) is 0 Å². The average molecular weight is 381 g/mol. The second kappa shape index (κ2) is 7.66. The molecule has 1 saturated heterocycles. The number of aryl methyl sites for hydroxylation is 3. The number of hydrogen-bond acceptors (Lipinski definition) is 4. The van der Waals surface area contributed by atoms with E-state index in [2.05, 4.69) is 52.1 Å². The van der Waals surface area contributed by atoms with Gasteiger partial charge in [-0.25, -0.2) is 4.79 Å². The molecule has 7 nitrogen and oxygen atoms in total. The van der Waals surface area contributed by atoms with Crippen molar-refractivity contribution in [2.75, 3.05) is 18.4 Å². The summed E-state index contributed by atoms with van der Waals surface area (Å²) in [5, 5.41) is 8.06. The molecule has 1 N–H and O–H groups in total. The Morgan fingerprint density at radius 3 is 2.71 bits per heavy atom. The Balaban J connectivity index is 1.35. The Morgan fingerprint density at radius 1 is 1.25 bits per heavy atom. The van der Waals surface area contributed by atoms with Gasteiger partial charge >= 0.3 is 6.03 Å². The summed E-state index contributed by atoms with van der Waals surface area (Å²) in [4.78, 5) is 18.8. The first-order valence-electron chi connectivity index (χ1n) is 9.98. The fourth-order valence-corrected chi connectivity index (χ4v) is 4.12. The molecule has 0 atom stereocenters. The molecule has 0 spiro atoms. The number of benzene rings is 1. The number of urea groups is 1. The molecule has 2 amide bonds. The summed E-state index contributed by atoms with van der Waals surface area (Å²) < 4.78 is 7.49. The number of carbonyl (C=O) groups excluding carboxylic acids is 1. The number of likely N-dealkylation sites (tertiary alicyclic amines) is 1. The fourth-order valence-electron chi connectivity index (χ4n) is 4.12. The van der Waals surface area contributed by atoms with Gasteiger partial charge < -0.3 is 19.3 Å². The Hall–Kier alpha value is -2.83. The molecule has 0 aliphatic carbocycles. The maximum Gasteiger partial charge on any atom is 0.321 e. The van der Waals surface area contributed by atoms with Gasteiger partial charge in [0.2, 0.25) is 5.89 Å². The molecule has 1 aliphatic rings. The summed E-state index contributed by atoms with van der Waals surface area (Å²) in [6.07, 6.45) is 2.69. The van der Waals surface area contributed by atoms with Crippen LogP contribution in [0.15, 0.2) is 28.8 Å². The van der Waals surface area contributed by atoms with Crippen molar-refractivity contribution in [1.82, 2.24) is 19.6 Å². The van der Waals surface area contributed by atoms with Gasteiger partial charge in [0.1, 0.15) is 0 Å². The highest BCUT2D eigenvalue weighted by Gasteiger charge is 2.24. The summed E-state index contributed by atoms with van der Waals surface area (Å²) in [6.45, 7) is 8.52. The van der Waals surface area contributed by atoms with Gasteiger partial charge in [-0.1, -0.05) is 5.16 Å². The van der Waals surface area contributed by atoms with E-state index in [1.165, 1.54) is 11.2 Å². The molecule has 4 rings (SSSR count). The van der Waals surface area contributed by atoms with E-state index in [-0.39, 0.29) is 6.03 Å². The van der Waals surface area contributed by atoms with Gasteiger partial charge in [0, 0.05) is 48.3 Å². The lowest BCUT2D eigenvalue weighted by Crippen LogP contribution is -2.41. The highest BCUT2D eigenvalue weighted by atomic mass is 16.5. The monoisotopic (exact) mass is 381 g/mol. The molecule has 1 aliphatic heterocycles. The van der Waals surface area contributed by atoms with Crippen molar-refractivity contribution in [1.29, 1.82) is 0 Å². The maximum atomic E-state index is 12.7. The molecule has 148 valence electrons. The minimum atomic E-state index is -0.0296. The van der Waals surface area contributed by atoms with Gasteiger partial charge in [-0.15, -0.1) is 0 Å². The first-order chi connectivity index (χ1) is 13.5. The number of fused-ring (bicyclic) bond motifs is 1. The lowest BCUT2D eigenvalue weighted by molar-refractivity contribution is 0.179. The largest absolute Gasteiger partial charge is 0.345 e. The molecule has 7 heteroatoms. The molecule has 2 aromatic heterocycles. The van der Waals surface area contributed by atoms with E-state index >= 15 is 0 Å². The van der Waals surface area contributed by atoms with E-state index in [1.54, 1.807) is 0 Å². The van der Waals surface area contributed by atoms with Crippen molar-refractivity contribution in [2.24, 2.45) is 5.92 Å². The quantitative estimate of drug-likeness (QED) is 0.737. The normalized spacial score (nSPS) is 15.3. The number of rotatable bonds is 4. The molecule has 1 fully saturated rings. The van der Waals surface area contributed by atoms with Crippen LogP contribution in [0.2, 0.25) is 0 Å². The van der Waals surface area contributed by atoms with Crippen LogP contribution in [0, 0.1) is 19.8 Å². The smallest absolute Gasteiger partial charge is 0.321 e. The third-order valence-electron chi connectivity index (χ3n) is 5.61. The zero-order valence-corrected chi connectivity index (χ0v) is 16.7.